The molecule has 3 unspecified atom stereocenters. The van der Waals surface area contributed by atoms with Crippen LogP contribution in [0, 0.1) is 5.82 Å². The van der Waals surface area contributed by atoms with E-state index in [-0.39, 0.29) is 11.9 Å². The monoisotopic (exact) mass is 361 g/mol. The largest absolute Gasteiger partial charge is 0.393 e. The average Bonchev–Trinajstić information content (AvgIpc) is 2.84. The molecule has 1 aromatic rings. The number of benzene rings is 1. The summed E-state index contributed by atoms with van der Waals surface area (Å²) in [5.74, 6) is 0.268. The summed E-state index contributed by atoms with van der Waals surface area (Å²) in [7, 11) is 1.98. The number of fused-ring (bicyclic) bond motifs is 2. The number of rotatable bonds is 7. The number of hydrogen-bond acceptors (Lipinski definition) is 4. The van der Waals surface area contributed by atoms with Crippen LogP contribution in [-0.4, -0.2) is 72.4 Å². The minimum atomic E-state index is -0.163. The SMILES string of the molecule is CNCC(CCN1CC(N2C3CCC2CC(O)C3)C1)c1ccc(F)cc1. The van der Waals surface area contributed by atoms with Gasteiger partial charge in [-0.15, -0.1) is 0 Å². The maximum absolute atomic E-state index is 13.2. The fourth-order valence-corrected chi connectivity index (χ4v) is 5.40. The normalized spacial score (nSPS) is 31.1. The van der Waals surface area contributed by atoms with E-state index in [2.05, 4.69) is 15.1 Å². The molecule has 2 N–H and O–H groups in total. The smallest absolute Gasteiger partial charge is 0.123 e. The van der Waals surface area contributed by atoms with Crippen LogP contribution in [0.4, 0.5) is 4.39 Å². The number of nitrogens with zero attached hydrogens (tertiary/aromatic N) is 2. The first-order chi connectivity index (χ1) is 12.6. The summed E-state index contributed by atoms with van der Waals surface area (Å²) < 4.78 is 13.2. The number of aliphatic hydroxyl groups is 1. The minimum Gasteiger partial charge on any atom is -0.393 e. The van der Waals surface area contributed by atoms with Crippen LogP contribution < -0.4 is 5.32 Å². The molecule has 26 heavy (non-hydrogen) atoms. The molecule has 0 amide bonds. The van der Waals surface area contributed by atoms with Crippen LogP contribution in [0.3, 0.4) is 0 Å². The molecule has 3 heterocycles. The number of aliphatic hydroxyl groups excluding tert-OH is 1. The first-order valence-electron chi connectivity index (χ1n) is 10.2. The summed E-state index contributed by atoms with van der Waals surface area (Å²) in [6, 6.07) is 8.91. The van der Waals surface area contributed by atoms with Gasteiger partial charge in [-0.05, 0) is 69.3 Å². The van der Waals surface area contributed by atoms with Crippen molar-refractivity contribution >= 4 is 0 Å². The first-order valence-corrected chi connectivity index (χ1v) is 10.2. The van der Waals surface area contributed by atoms with E-state index in [1.54, 1.807) is 12.1 Å². The van der Waals surface area contributed by atoms with E-state index in [4.69, 9.17) is 0 Å². The van der Waals surface area contributed by atoms with Gasteiger partial charge < -0.3 is 15.3 Å². The fraction of sp³-hybridized carbons (Fsp3) is 0.714. The van der Waals surface area contributed by atoms with E-state index in [0.29, 0.717) is 24.0 Å². The molecule has 4 nitrogen and oxygen atoms in total. The molecule has 1 aromatic carbocycles. The summed E-state index contributed by atoms with van der Waals surface area (Å²) in [4.78, 5) is 5.29. The molecule has 3 fully saturated rings. The van der Waals surface area contributed by atoms with Crippen LogP contribution in [0.25, 0.3) is 0 Å². The van der Waals surface area contributed by atoms with Crippen molar-refractivity contribution in [1.29, 1.82) is 0 Å². The number of hydrogen-bond donors (Lipinski definition) is 2. The number of piperidine rings is 1. The van der Waals surface area contributed by atoms with Crippen LogP contribution in [0.15, 0.2) is 24.3 Å². The van der Waals surface area contributed by atoms with Crippen LogP contribution in [0.2, 0.25) is 0 Å². The fourth-order valence-electron chi connectivity index (χ4n) is 5.40. The highest BCUT2D eigenvalue weighted by Crippen LogP contribution is 2.39. The second kappa shape index (κ2) is 7.93. The van der Waals surface area contributed by atoms with E-state index < -0.39 is 0 Å². The molecule has 0 aliphatic carbocycles. The number of likely N-dealkylation sites (N-methyl/N-ethyl adjacent to an activating group) is 1. The van der Waals surface area contributed by atoms with Gasteiger partial charge in [0.2, 0.25) is 0 Å². The Balaban J connectivity index is 1.26. The number of nitrogens with one attached hydrogen (secondary N) is 1. The molecule has 4 rings (SSSR count). The van der Waals surface area contributed by atoms with Crippen molar-refractivity contribution in [3.05, 3.63) is 35.6 Å². The van der Waals surface area contributed by atoms with Gasteiger partial charge >= 0.3 is 0 Å². The molecule has 0 saturated carbocycles. The predicted octanol–water partition coefficient (Wildman–Crippen LogP) is 2.19. The molecule has 144 valence electrons. The third-order valence-corrected chi connectivity index (χ3v) is 6.71. The Kier molecular flexibility index (Phi) is 5.60. The molecule has 3 saturated heterocycles. The Labute approximate surface area is 156 Å². The Bertz CT molecular complexity index is 575. The lowest BCUT2D eigenvalue weighted by Gasteiger charge is -2.51. The third-order valence-electron chi connectivity index (χ3n) is 6.71. The van der Waals surface area contributed by atoms with E-state index >= 15 is 0 Å². The molecule has 2 bridgehead atoms. The van der Waals surface area contributed by atoms with Gasteiger partial charge in [0.15, 0.2) is 0 Å². The van der Waals surface area contributed by atoms with E-state index in [1.807, 2.05) is 19.2 Å². The zero-order valence-electron chi connectivity index (χ0n) is 15.8. The Morgan fingerprint density at radius 1 is 1.12 bits per heavy atom. The van der Waals surface area contributed by atoms with Crippen molar-refractivity contribution in [2.45, 2.75) is 62.3 Å². The molecular formula is C21H32FN3O. The van der Waals surface area contributed by atoms with Crippen LogP contribution in [-0.2, 0) is 0 Å². The topological polar surface area (TPSA) is 38.7 Å². The molecule has 3 aliphatic heterocycles. The molecule has 3 atom stereocenters. The van der Waals surface area contributed by atoms with Crippen molar-refractivity contribution in [3.8, 4) is 0 Å². The van der Waals surface area contributed by atoms with Gasteiger partial charge in [0.05, 0.1) is 6.10 Å². The summed E-state index contributed by atoms with van der Waals surface area (Å²) in [6.07, 6.45) is 5.52. The predicted molar refractivity (Wildman–Crippen MR) is 102 cm³/mol. The quantitative estimate of drug-likeness (QED) is 0.781. The number of halogens is 1. The number of likely N-dealkylation sites (tertiary alicyclic amines) is 1. The standard InChI is InChI=1S/C21H32FN3O/c1-23-12-16(15-2-4-17(22)5-3-15)8-9-24-13-20(14-24)25-18-6-7-19(25)11-21(26)10-18/h2-5,16,18-21,23,26H,6-14H2,1H3. The van der Waals surface area contributed by atoms with Crippen LogP contribution >= 0.6 is 0 Å². The minimum absolute atomic E-state index is 0.0714. The van der Waals surface area contributed by atoms with E-state index in [9.17, 15) is 9.50 Å². The lowest BCUT2D eigenvalue weighted by molar-refractivity contribution is -0.0437. The molecule has 0 spiro atoms. The van der Waals surface area contributed by atoms with E-state index in [0.717, 1.165) is 32.4 Å². The van der Waals surface area contributed by atoms with Crippen molar-refractivity contribution < 1.29 is 9.50 Å². The average molecular weight is 362 g/mol. The van der Waals surface area contributed by atoms with Gasteiger partial charge in [0.25, 0.3) is 0 Å². The summed E-state index contributed by atoms with van der Waals surface area (Å²) in [6.45, 7) is 4.36. The molecule has 0 aromatic heterocycles. The van der Waals surface area contributed by atoms with Crippen molar-refractivity contribution in [2.75, 3.05) is 33.2 Å². The lowest BCUT2D eigenvalue weighted by Crippen LogP contribution is -2.64. The van der Waals surface area contributed by atoms with Gasteiger partial charge in [-0.3, -0.25) is 4.90 Å². The van der Waals surface area contributed by atoms with Crippen LogP contribution in [0.5, 0.6) is 0 Å². The van der Waals surface area contributed by atoms with Crippen molar-refractivity contribution in [2.24, 2.45) is 0 Å². The van der Waals surface area contributed by atoms with Gasteiger partial charge in [-0.2, -0.15) is 0 Å². The maximum atomic E-state index is 13.2. The second-order valence-electron chi connectivity index (χ2n) is 8.47. The van der Waals surface area contributed by atoms with Crippen molar-refractivity contribution in [3.63, 3.8) is 0 Å². The van der Waals surface area contributed by atoms with Gasteiger partial charge in [-0.25, -0.2) is 4.39 Å². The highest BCUT2D eigenvalue weighted by molar-refractivity contribution is 5.21. The summed E-state index contributed by atoms with van der Waals surface area (Å²) >= 11 is 0. The summed E-state index contributed by atoms with van der Waals surface area (Å²) in [5, 5.41) is 13.3. The molecule has 0 radical (unpaired) electrons. The second-order valence-corrected chi connectivity index (χ2v) is 8.47. The molecule has 3 aliphatic rings. The lowest BCUT2D eigenvalue weighted by atomic mass is 9.92. The highest BCUT2D eigenvalue weighted by atomic mass is 19.1. The highest BCUT2D eigenvalue weighted by Gasteiger charge is 2.46. The zero-order valence-corrected chi connectivity index (χ0v) is 15.8. The summed E-state index contributed by atoms with van der Waals surface area (Å²) in [5.41, 5.74) is 1.22. The Morgan fingerprint density at radius 3 is 2.38 bits per heavy atom. The molecule has 5 heteroatoms. The van der Waals surface area contributed by atoms with Gasteiger partial charge in [0.1, 0.15) is 5.82 Å². The first kappa shape index (κ1) is 18.4. The van der Waals surface area contributed by atoms with Gasteiger partial charge in [-0.1, -0.05) is 12.1 Å². The Hall–Kier alpha value is -1.01. The van der Waals surface area contributed by atoms with Crippen LogP contribution in [0.1, 0.15) is 43.6 Å². The molecular weight excluding hydrogens is 329 g/mol. The Morgan fingerprint density at radius 2 is 1.77 bits per heavy atom. The maximum Gasteiger partial charge on any atom is 0.123 e. The third kappa shape index (κ3) is 3.81. The van der Waals surface area contributed by atoms with Gasteiger partial charge in [0, 0.05) is 37.8 Å². The zero-order chi connectivity index (χ0) is 18.1. The van der Waals surface area contributed by atoms with E-state index in [1.165, 1.54) is 31.5 Å². The van der Waals surface area contributed by atoms with Crippen molar-refractivity contribution in [1.82, 2.24) is 15.1 Å².